The second-order valence-corrected chi connectivity index (χ2v) is 4.97. The molecule has 6 heteroatoms. The Balaban J connectivity index is 2.30. The summed E-state index contributed by atoms with van der Waals surface area (Å²) >= 11 is 0. The molecule has 0 spiro atoms. The fourth-order valence-corrected chi connectivity index (χ4v) is 1.61. The lowest BCUT2D eigenvalue weighted by molar-refractivity contribution is -0.152. The standard InChI is InChI=1S/C11H21F3N2O/c1-8(2)16(7-11(12,13)14)6-10(17)5-15-9-3-4-9/h8-10,15,17H,3-7H2,1-2H3. The van der Waals surface area contributed by atoms with Crippen LogP contribution in [0.3, 0.4) is 0 Å². The molecule has 0 aromatic carbocycles. The van der Waals surface area contributed by atoms with E-state index in [0.29, 0.717) is 12.6 Å². The Morgan fingerprint density at radius 3 is 2.35 bits per heavy atom. The van der Waals surface area contributed by atoms with E-state index in [2.05, 4.69) is 5.32 Å². The van der Waals surface area contributed by atoms with Crippen molar-refractivity contribution in [2.45, 2.75) is 51.1 Å². The maximum absolute atomic E-state index is 12.3. The molecule has 0 aliphatic heterocycles. The van der Waals surface area contributed by atoms with Crippen LogP contribution < -0.4 is 5.32 Å². The minimum Gasteiger partial charge on any atom is -0.390 e. The highest BCUT2D eigenvalue weighted by Gasteiger charge is 2.32. The van der Waals surface area contributed by atoms with Crippen LogP contribution in [0.4, 0.5) is 13.2 Å². The molecular formula is C11H21F3N2O. The predicted octanol–water partition coefficient (Wildman–Crippen LogP) is 1.37. The van der Waals surface area contributed by atoms with Crippen molar-refractivity contribution in [3.8, 4) is 0 Å². The first-order valence-electron chi connectivity index (χ1n) is 6.00. The Labute approximate surface area is 100.0 Å². The van der Waals surface area contributed by atoms with Crippen molar-refractivity contribution in [1.29, 1.82) is 0 Å². The van der Waals surface area contributed by atoms with Gasteiger partial charge in [-0.25, -0.2) is 0 Å². The summed E-state index contributed by atoms with van der Waals surface area (Å²) in [6.45, 7) is 2.85. The van der Waals surface area contributed by atoms with Crippen LogP contribution >= 0.6 is 0 Å². The molecule has 0 aromatic heterocycles. The topological polar surface area (TPSA) is 35.5 Å². The number of nitrogens with one attached hydrogen (secondary N) is 1. The van der Waals surface area contributed by atoms with Crippen molar-refractivity contribution in [1.82, 2.24) is 10.2 Å². The molecule has 2 N–H and O–H groups in total. The lowest BCUT2D eigenvalue weighted by Gasteiger charge is -2.29. The molecule has 0 heterocycles. The van der Waals surface area contributed by atoms with Gasteiger partial charge in [-0.1, -0.05) is 0 Å². The van der Waals surface area contributed by atoms with E-state index in [0.717, 1.165) is 12.8 Å². The summed E-state index contributed by atoms with van der Waals surface area (Å²) < 4.78 is 36.9. The zero-order valence-corrected chi connectivity index (χ0v) is 10.3. The first-order chi connectivity index (χ1) is 7.78. The third-order valence-corrected chi connectivity index (χ3v) is 2.78. The number of nitrogens with zero attached hydrogens (tertiary/aromatic N) is 1. The third-order valence-electron chi connectivity index (χ3n) is 2.78. The maximum atomic E-state index is 12.3. The van der Waals surface area contributed by atoms with Crippen molar-refractivity contribution in [3.05, 3.63) is 0 Å². The van der Waals surface area contributed by atoms with Crippen LogP contribution in [0.5, 0.6) is 0 Å². The van der Waals surface area contributed by atoms with Crippen LogP contribution in [-0.4, -0.2) is 54.0 Å². The average Bonchev–Trinajstić information content (AvgIpc) is 2.94. The molecule has 0 amide bonds. The van der Waals surface area contributed by atoms with Crippen molar-refractivity contribution < 1.29 is 18.3 Å². The number of alkyl halides is 3. The highest BCUT2D eigenvalue weighted by molar-refractivity contribution is 4.82. The number of hydrogen-bond donors (Lipinski definition) is 2. The third kappa shape index (κ3) is 6.85. The molecule has 0 saturated heterocycles. The van der Waals surface area contributed by atoms with E-state index in [-0.39, 0.29) is 12.6 Å². The fraction of sp³-hybridized carbons (Fsp3) is 1.00. The molecule has 1 unspecified atom stereocenters. The molecule has 1 fully saturated rings. The Morgan fingerprint density at radius 2 is 1.94 bits per heavy atom. The quantitative estimate of drug-likeness (QED) is 0.720. The Kier molecular flexibility index (Phi) is 5.22. The van der Waals surface area contributed by atoms with Gasteiger partial charge in [0.2, 0.25) is 0 Å². The van der Waals surface area contributed by atoms with Gasteiger partial charge in [-0.05, 0) is 26.7 Å². The van der Waals surface area contributed by atoms with Gasteiger partial charge in [-0.3, -0.25) is 4.90 Å². The first-order valence-corrected chi connectivity index (χ1v) is 6.00. The second-order valence-electron chi connectivity index (χ2n) is 4.97. The van der Waals surface area contributed by atoms with Crippen LogP contribution in [0.2, 0.25) is 0 Å². The zero-order valence-electron chi connectivity index (χ0n) is 10.3. The number of rotatable bonds is 7. The molecule has 0 aromatic rings. The lowest BCUT2D eigenvalue weighted by Crippen LogP contribution is -2.45. The molecule has 3 nitrogen and oxygen atoms in total. The van der Waals surface area contributed by atoms with Crippen LogP contribution in [0.1, 0.15) is 26.7 Å². The summed E-state index contributed by atoms with van der Waals surface area (Å²) in [6, 6.07) is 0.229. The van der Waals surface area contributed by atoms with Gasteiger partial charge in [-0.2, -0.15) is 13.2 Å². The van der Waals surface area contributed by atoms with Gasteiger partial charge < -0.3 is 10.4 Å². The van der Waals surface area contributed by atoms with E-state index >= 15 is 0 Å². The van der Waals surface area contributed by atoms with Crippen molar-refractivity contribution in [2.24, 2.45) is 0 Å². The highest BCUT2D eigenvalue weighted by Crippen LogP contribution is 2.19. The fourth-order valence-electron chi connectivity index (χ4n) is 1.61. The molecule has 1 aliphatic rings. The SMILES string of the molecule is CC(C)N(CC(O)CNC1CC1)CC(F)(F)F. The second kappa shape index (κ2) is 6.02. The monoisotopic (exact) mass is 254 g/mol. The Morgan fingerprint density at radius 1 is 1.35 bits per heavy atom. The summed E-state index contributed by atoms with van der Waals surface area (Å²) in [7, 11) is 0. The van der Waals surface area contributed by atoms with Crippen LogP contribution in [0, 0.1) is 0 Å². The maximum Gasteiger partial charge on any atom is 0.401 e. The molecule has 1 saturated carbocycles. The normalized spacial score (nSPS) is 19.1. The summed E-state index contributed by atoms with van der Waals surface area (Å²) in [5, 5.41) is 12.8. The molecule has 0 radical (unpaired) electrons. The van der Waals surface area contributed by atoms with E-state index < -0.39 is 18.8 Å². The van der Waals surface area contributed by atoms with Crippen molar-refractivity contribution >= 4 is 0 Å². The number of hydrogen-bond acceptors (Lipinski definition) is 3. The minimum atomic E-state index is -4.21. The molecule has 17 heavy (non-hydrogen) atoms. The molecule has 1 atom stereocenters. The van der Waals surface area contributed by atoms with E-state index in [4.69, 9.17) is 0 Å². The van der Waals surface area contributed by atoms with E-state index in [1.165, 1.54) is 4.90 Å². The van der Waals surface area contributed by atoms with Gasteiger partial charge in [0.15, 0.2) is 0 Å². The number of halogens is 3. The van der Waals surface area contributed by atoms with Gasteiger partial charge >= 0.3 is 6.18 Å². The van der Waals surface area contributed by atoms with Gasteiger partial charge in [0.25, 0.3) is 0 Å². The number of aliphatic hydroxyl groups excluding tert-OH is 1. The summed E-state index contributed by atoms with van der Waals surface area (Å²) in [6.07, 6.45) is -2.76. The molecular weight excluding hydrogens is 233 g/mol. The Bertz CT molecular complexity index is 229. The smallest absolute Gasteiger partial charge is 0.390 e. The van der Waals surface area contributed by atoms with Crippen LogP contribution in [-0.2, 0) is 0 Å². The molecule has 1 rings (SSSR count). The van der Waals surface area contributed by atoms with Crippen molar-refractivity contribution in [3.63, 3.8) is 0 Å². The van der Waals surface area contributed by atoms with Crippen LogP contribution in [0.15, 0.2) is 0 Å². The van der Waals surface area contributed by atoms with Crippen LogP contribution in [0.25, 0.3) is 0 Å². The summed E-state index contributed by atoms with van der Waals surface area (Å²) in [5.74, 6) is 0. The van der Waals surface area contributed by atoms with Gasteiger partial charge in [0, 0.05) is 25.2 Å². The number of aliphatic hydroxyl groups is 1. The van der Waals surface area contributed by atoms with Gasteiger partial charge in [0.05, 0.1) is 12.6 Å². The van der Waals surface area contributed by atoms with E-state index in [1.807, 2.05) is 0 Å². The largest absolute Gasteiger partial charge is 0.401 e. The average molecular weight is 254 g/mol. The Hall–Kier alpha value is -0.330. The molecule has 102 valence electrons. The molecule has 1 aliphatic carbocycles. The lowest BCUT2D eigenvalue weighted by atomic mass is 10.2. The summed E-state index contributed by atoms with van der Waals surface area (Å²) in [5.41, 5.74) is 0. The predicted molar refractivity (Wildman–Crippen MR) is 59.8 cm³/mol. The van der Waals surface area contributed by atoms with E-state index in [1.54, 1.807) is 13.8 Å². The van der Waals surface area contributed by atoms with Gasteiger partial charge in [-0.15, -0.1) is 0 Å². The minimum absolute atomic E-state index is 0.0525. The van der Waals surface area contributed by atoms with E-state index in [9.17, 15) is 18.3 Å². The zero-order chi connectivity index (χ0) is 13.1. The van der Waals surface area contributed by atoms with Crippen molar-refractivity contribution in [2.75, 3.05) is 19.6 Å². The molecule has 0 bridgehead atoms. The first kappa shape index (κ1) is 14.7. The van der Waals surface area contributed by atoms with Gasteiger partial charge in [0.1, 0.15) is 0 Å². The highest BCUT2D eigenvalue weighted by atomic mass is 19.4. The summed E-state index contributed by atoms with van der Waals surface area (Å²) in [4.78, 5) is 1.25.